The summed E-state index contributed by atoms with van der Waals surface area (Å²) >= 11 is 0. The number of benzene rings is 3. The van der Waals surface area contributed by atoms with Crippen LogP contribution in [-0.2, 0) is 0 Å². The lowest BCUT2D eigenvalue weighted by Gasteiger charge is -2.34. The molecule has 1 heterocycles. The molecule has 0 radical (unpaired) electrons. The van der Waals surface area contributed by atoms with Crippen LogP contribution in [-0.4, -0.2) is 36.9 Å². The fourth-order valence-corrected chi connectivity index (χ4v) is 7.42. The molecule has 0 unspecified atom stereocenters. The Kier molecular flexibility index (Phi) is 15.3. The summed E-state index contributed by atoms with van der Waals surface area (Å²) in [5.74, 6) is -0.213. The highest BCUT2D eigenvalue weighted by molar-refractivity contribution is 6.27. The molecule has 4 rings (SSSR count). The summed E-state index contributed by atoms with van der Waals surface area (Å²) in [5, 5.41) is 1.80. The molecule has 0 saturated carbocycles. The molecule has 0 aromatic heterocycles. The van der Waals surface area contributed by atoms with E-state index >= 15 is 0 Å². The van der Waals surface area contributed by atoms with Gasteiger partial charge in [-0.1, -0.05) is 160 Å². The lowest BCUT2D eigenvalue weighted by molar-refractivity contribution is 0.0517. The van der Waals surface area contributed by atoms with Gasteiger partial charge in [-0.25, -0.2) is 0 Å². The van der Waals surface area contributed by atoms with E-state index < -0.39 is 0 Å². The number of nitrogens with zero attached hydrogens (tertiary/aromatic N) is 2. The molecule has 0 bridgehead atoms. The van der Waals surface area contributed by atoms with Gasteiger partial charge in [0, 0.05) is 42.3 Å². The number of hydrogen-bond acceptors (Lipinski definition) is 3. The lowest BCUT2D eigenvalue weighted by atomic mass is 9.87. The first-order chi connectivity index (χ1) is 23.0. The van der Waals surface area contributed by atoms with Gasteiger partial charge in [0.05, 0.1) is 0 Å². The molecule has 1 aliphatic rings. The van der Waals surface area contributed by atoms with E-state index in [2.05, 4.69) is 55.1 Å². The number of hydrogen-bond donors (Lipinski definition) is 0. The van der Waals surface area contributed by atoms with Crippen LogP contribution in [0.15, 0.2) is 54.6 Å². The highest BCUT2D eigenvalue weighted by Gasteiger charge is 2.37. The van der Waals surface area contributed by atoms with E-state index in [1.54, 1.807) is 4.90 Å². The third-order valence-electron chi connectivity index (χ3n) is 10.3. The molecule has 0 N–H and O–H groups in total. The molecular formula is C43H62N2O2. The first-order valence-electron chi connectivity index (χ1n) is 19.2. The minimum atomic E-state index is -0.106. The van der Waals surface area contributed by atoms with Gasteiger partial charge in [-0.15, -0.1) is 0 Å². The fraction of sp³-hybridized carbons (Fsp3) is 0.581. The van der Waals surface area contributed by atoms with Crippen molar-refractivity contribution in [2.24, 2.45) is 0 Å². The molecule has 0 aliphatic carbocycles. The van der Waals surface area contributed by atoms with E-state index in [4.69, 9.17) is 0 Å². The maximum Gasteiger partial charge on any atom is 0.261 e. The van der Waals surface area contributed by atoms with Gasteiger partial charge in [0.25, 0.3) is 11.8 Å². The topological polar surface area (TPSA) is 40.6 Å². The van der Waals surface area contributed by atoms with E-state index in [1.165, 1.54) is 103 Å². The first-order valence-corrected chi connectivity index (χ1v) is 19.2. The summed E-state index contributed by atoms with van der Waals surface area (Å²) in [7, 11) is 4.08. The van der Waals surface area contributed by atoms with E-state index in [0.717, 1.165) is 53.3 Å². The van der Waals surface area contributed by atoms with Crippen LogP contribution in [0.5, 0.6) is 0 Å². The Bertz CT molecular complexity index is 1350. The Hall–Kier alpha value is -3.14. The average molecular weight is 639 g/mol. The van der Waals surface area contributed by atoms with Gasteiger partial charge in [0.1, 0.15) is 0 Å². The second-order valence-electron chi connectivity index (χ2n) is 14.2. The third-order valence-corrected chi connectivity index (χ3v) is 10.3. The van der Waals surface area contributed by atoms with E-state index in [1.807, 2.05) is 32.3 Å². The van der Waals surface area contributed by atoms with Crippen LogP contribution < -0.4 is 4.90 Å². The van der Waals surface area contributed by atoms with Crippen molar-refractivity contribution in [3.05, 3.63) is 65.7 Å². The molecule has 3 aromatic carbocycles. The predicted molar refractivity (Wildman–Crippen MR) is 202 cm³/mol. The van der Waals surface area contributed by atoms with Crippen LogP contribution in [0, 0.1) is 0 Å². The molecule has 0 atom stereocenters. The zero-order valence-electron chi connectivity index (χ0n) is 30.1. The van der Waals surface area contributed by atoms with Crippen molar-refractivity contribution in [2.45, 2.75) is 148 Å². The average Bonchev–Trinajstić information content (AvgIpc) is 3.08. The highest BCUT2D eigenvalue weighted by Crippen LogP contribution is 2.38. The largest absolute Gasteiger partial charge is 0.378 e. The Balaban J connectivity index is 1.46. The predicted octanol–water partition coefficient (Wildman–Crippen LogP) is 12.4. The summed E-state index contributed by atoms with van der Waals surface area (Å²) in [4.78, 5) is 32.2. The number of carbonyl (C=O) groups excluding carboxylic acids is 2. The Morgan fingerprint density at radius 3 is 1.47 bits per heavy atom. The molecule has 256 valence electrons. The standard InChI is InChI=1S/C43H62N2O2/c1-5-7-9-11-13-15-17-19-21-24-36(25-22-20-18-16-14-12-10-8-6-2)45-42(46)39-27-23-26-38-37(32-33-40(41(38)39)43(45)47)34-28-30-35(31-29-34)44(3)4/h23,26-33,36H,5-22,24-25H2,1-4H3. The normalized spacial score (nSPS) is 12.9. The molecule has 1 aliphatic heterocycles. The van der Waals surface area contributed by atoms with Gasteiger partial charge in [0.15, 0.2) is 0 Å². The van der Waals surface area contributed by atoms with Crippen molar-refractivity contribution in [1.82, 2.24) is 4.90 Å². The molecule has 4 nitrogen and oxygen atoms in total. The van der Waals surface area contributed by atoms with Crippen LogP contribution in [0.4, 0.5) is 5.69 Å². The Labute approximate surface area is 286 Å². The number of unbranched alkanes of at least 4 members (excludes halogenated alkanes) is 16. The smallest absolute Gasteiger partial charge is 0.261 e. The van der Waals surface area contributed by atoms with E-state index in [0.29, 0.717) is 11.1 Å². The zero-order valence-corrected chi connectivity index (χ0v) is 30.1. The summed E-state index contributed by atoms with van der Waals surface area (Å²) in [6, 6.07) is 18.5. The maximum atomic E-state index is 14.2. The van der Waals surface area contributed by atoms with Crippen molar-refractivity contribution in [3.8, 4) is 11.1 Å². The lowest BCUT2D eigenvalue weighted by Crippen LogP contribution is -2.47. The van der Waals surface area contributed by atoms with Crippen molar-refractivity contribution >= 4 is 28.3 Å². The summed E-state index contributed by atoms with van der Waals surface area (Å²) < 4.78 is 0. The second kappa shape index (κ2) is 19.6. The zero-order chi connectivity index (χ0) is 33.4. The van der Waals surface area contributed by atoms with Gasteiger partial charge in [0.2, 0.25) is 0 Å². The van der Waals surface area contributed by atoms with Crippen molar-refractivity contribution in [3.63, 3.8) is 0 Å². The van der Waals surface area contributed by atoms with Crippen molar-refractivity contribution in [1.29, 1.82) is 0 Å². The first kappa shape index (κ1) is 36.7. The third kappa shape index (κ3) is 10.2. The number of imide groups is 1. The molecular weight excluding hydrogens is 576 g/mol. The quantitative estimate of drug-likeness (QED) is 0.0766. The SMILES string of the molecule is CCCCCCCCCCCC(CCCCCCCCCCC)N1C(=O)c2cccc3c(-c4ccc(N(C)C)cc4)ccc(c23)C1=O. The monoisotopic (exact) mass is 638 g/mol. The molecule has 0 saturated heterocycles. The number of anilines is 1. The molecule has 0 fully saturated rings. The minimum Gasteiger partial charge on any atom is -0.378 e. The van der Waals surface area contributed by atoms with Crippen LogP contribution in [0.1, 0.15) is 163 Å². The summed E-state index contributed by atoms with van der Waals surface area (Å²) in [6.07, 6.45) is 24.8. The fourth-order valence-electron chi connectivity index (χ4n) is 7.42. The van der Waals surface area contributed by atoms with Crippen LogP contribution in [0.25, 0.3) is 21.9 Å². The summed E-state index contributed by atoms with van der Waals surface area (Å²) in [5.41, 5.74) is 4.64. The van der Waals surface area contributed by atoms with Gasteiger partial charge in [-0.3, -0.25) is 14.5 Å². The molecule has 2 amide bonds. The molecule has 4 heteroatoms. The van der Waals surface area contributed by atoms with Crippen LogP contribution in [0.3, 0.4) is 0 Å². The van der Waals surface area contributed by atoms with E-state index in [-0.39, 0.29) is 17.9 Å². The van der Waals surface area contributed by atoms with Gasteiger partial charge < -0.3 is 4.90 Å². The number of rotatable bonds is 23. The van der Waals surface area contributed by atoms with Crippen LogP contribution in [0.2, 0.25) is 0 Å². The van der Waals surface area contributed by atoms with Gasteiger partial charge >= 0.3 is 0 Å². The second-order valence-corrected chi connectivity index (χ2v) is 14.2. The Morgan fingerprint density at radius 2 is 0.979 bits per heavy atom. The maximum absolute atomic E-state index is 14.2. The minimum absolute atomic E-state index is 0.0363. The van der Waals surface area contributed by atoms with Gasteiger partial charge in [-0.2, -0.15) is 0 Å². The molecule has 47 heavy (non-hydrogen) atoms. The van der Waals surface area contributed by atoms with E-state index in [9.17, 15) is 9.59 Å². The van der Waals surface area contributed by atoms with Crippen molar-refractivity contribution < 1.29 is 9.59 Å². The Morgan fingerprint density at radius 1 is 0.532 bits per heavy atom. The number of carbonyl (C=O) groups is 2. The van der Waals surface area contributed by atoms with Crippen molar-refractivity contribution in [2.75, 3.05) is 19.0 Å². The molecule has 3 aromatic rings. The highest BCUT2D eigenvalue weighted by atomic mass is 16.2. The molecule has 0 spiro atoms. The van der Waals surface area contributed by atoms with Gasteiger partial charge in [-0.05, 0) is 53.6 Å². The summed E-state index contributed by atoms with van der Waals surface area (Å²) in [6.45, 7) is 4.54. The number of amides is 2. The van der Waals surface area contributed by atoms with Crippen LogP contribution >= 0.6 is 0 Å².